The predicted molar refractivity (Wildman–Crippen MR) is 180 cm³/mol. The maximum absolute atomic E-state index is 14.8. The Kier molecular flexibility index (Phi) is 9.57. The van der Waals surface area contributed by atoms with Gasteiger partial charge in [-0.2, -0.15) is 0 Å². The van der Waals surface area contributed by atoms with Crippen molar-refractivity contribution < 1.29 is 4.79 Å². The fourth-order valence-electron chi connectivity index (χ4n) is 6.16. The first kappa shape index (κ1) is 31.2. The van der Waals surface area contributed by atoms with Gasteiger partial charge in [0.05, 0.1) is 22.5 Å². The van der Waals surface area contributed by atoms with Gasteiger partial charge < -0.3 is 4.90 Å². The molecule has 5 rings (SSSR count). The number of benzene rings is 2. The van der Waals surface area contributed by atoms with Crippen LogP contribution in [0.15, 0.2) is 47.3 Å². The number of likely N-dealkylation sites (tertiary alicyclic amines) is 1. The molecule has 0 radical (unpaired) electrons. The number of pyridine rings is 1. The van der Waals surface area contributed by atoms with E-state index in [-0.39, 0.29) is 17.4 Å². The second kappa shape index (κ2) is 13.2. The van der Waals surface area contributed by atoms with Crippen molar-refractivity contribution in [1.82, 2.24) is 14.5 Å². The van der Waals surface area contributed by atoms with Crippen molar-refractivity contribution in [2.45, 2.75) is 80.1 Å². The largest absolute Gasteiger partial charge is 0.339 e. The van der Waals surface area contributed by atoms with Crippen LogP contribution in [0.1, 0.15) is 84.6 Å². The summed E-state index contributed by atoms with van der Waals surface area (Å²) in [5.74, 6) is 0.268. The van der Waals surface area contributed by atoms with Crippen LogP contribution in [0.2, 0.25) is 5.02 Å². The molecule has 3 heterocycles. The number of carbonyl (C=O) groups is 1. The summed E-state index contributed by atoms with van der Waals surface area (Å²) in [5, 5.41) is 1.34. The maximum atomic E-state index is 14.8. The van der Waals surface area contributed by atoms with Crippen LogP contribution < -0.4 is 5.56 Å². The standard InChI is InChI=1S/C36H42ClN3O2S/c1-7-25-13-12-14-26(8-2)33(25)40-31(19-22(3)4)28(35(41)39-17-10-9-11-18-39)21-29(36(40)42)34-38-32(24(6)43-34)27-15-16-30(37)23(5)20-27/h12-16,20-22H,7-11,17-19H2,1-6H3. The van der Waals surface area contributed by atoms with E-state index in [0.717, 1.165) is 89.4 Å². The van der Waals surface area contributed by atoms with E-state index in [2.05, 4.69) is 45.9 Å². The topological polar surface area (TPSA) is 55.2 Å². The minimum atomic E-state index is -0.117. The minimum Gasteiger partial charge on any atom is -0.339 e. The molecule has 2 aromatic heterocycles. The molecule has 5 nitrogen and oxygen atoms in total. The van der Waals surface area contributed by atoms with E-state index in [1.54, 1.807) is 0 Å². The fourth-order valence-corrected chi connectivity index (χ4v) is 7.22. The average molecular weight is 616 g/mol. The van der Waals surface area contributed by atoms with Crippen molar-refractivity contribution >= 4 is 28.8 Å². The zero-order valence-corrected chi connectivity index (χ0v) is 27.8. The first-order valence-electron chi connectivity index (χ1n) is 15.6. The van der Waals surface area contributed by atoms with Crippen LogP contribution in [0.3, 0.4) is 0 Å². The zero-order valence-electron chi connectivity index (χ0n) is 26.2. The molecule has 0 bridgehead atoms. The molecule has 1 amide bonds. The third-order valence-electron chi connectivity index (χ3n) is 8.43. The van der Waals surface area contributed by atoms with E-state index < -0.39 is 0 Å². The molecule has 0 unspecified atom stereocenters. The first-order valence-corrected chi connectivity index (χ1v) is 16.8. The number of nitrogens with zero attached hydrogens (tertiary/aromatic N) is 3. The molecule has 226 valence electrons. The predicted octanol–water partition coefficient (Wildman–Crippen LogP) is 8.85. The Labute approximate surface area is 264 Å². The van der Waals surface area contributed by atoms with Crippen LogP contribution >= 0.6 is 22.9 Å². The molecule has 1 aliphatic heterocycles. The zero-order chi connectivity index (χ0) is 30.8. The molecule has 7 heteroatoms. The molecule has 0 saturated carbocycles. The lowest BCUT2D eigenvalue weighted by Gasteiger charge is -2.29. The van der Waals surface area contributed by atoms with E-state index in [4.69, 9.17) is 16.6 Å². The van der Waals surface area contributed by atoms with Crippen LogP contribution in [0, 0.1) is 19.8 Å². The van der Waals surface area contributed by atoms with Crippen molar-refractivity contribution in [1.29, 1.82) is 0 Å². The van der Waals surface area contributed by atoms with Gasteiger partial charge in [-0.15, -0.1) is 11.3 Å². The normalized spacial score (nSPS) is 13.6. The van der Waals surface area contributed by atoms with Gasteiger partial charge in [-0.25, -0.2) is 4.98 Å². The van der Waals surface area contributed by atoms with E-state index in [9.17, 15) is 9.59 Å². The van der Waals surface area contributed by atoms with Gasteiger partial charge in [0.1, 0.15) is 5.01 Å². The van der Waals surface area contributed by atoms with E-state index in [0.29, 0.717) is 27.6 Å². The smallest absolute Gasteiger partial charge is 0.265 e. The average Bonchev–Trinajstić information content (AvgIpc) is 3.39. The molecule has 0 atom stereocenters. The van der Waals surface area contributed by atoms with E-state index in [1.165, 1.54) is 11.3 Å². The molecule has 1 saturated heterocycles. The summed E-state index contributed by atoms with van der Waals surface area (Å²) >= 11 is 7.82. The summed E-state index contributed by atoms with van der Waals surface area (Å²) < 4.78 is 1.88. The van der Waals surface area contributed by atoms with E-state index >= 15 is 0 Å². The molecular formula is C36H42ClN3O2S. The molecule has 2 aromatic carbocycles. The highest BCUT2D eigenvalue weighted by atomic mass is 35.5. The highest BCUT2D eigenvalue weighted by Gasteiger charge is 2.29. The lowest BCUT2D eigenvalue weighted by atomic mass is 9.96. The number of thiazole rings is 1. The quantitative estimate of drug-likeness (QED) is 0.199. The Hall–Kier alpha value is -3.22. The molecule has 1 fully saturated rings. The summed E-state index contributed by atoms with van der Waals surface area (Å²) in [4.78, 5) is 37.2. The summed E-state index contributed by atoms with van der Waals surface area (Å²) in [6.45, 7) is 14.1. The molecule has 1 aliphatic rings. The van der Waals surface area contributed by atoms with Gasteiger partial charge in [0.25, 0.3) is 11.5 Å². The van der Waals surface area contributed by atoms with Crippen molar-refractivity contribution in [3.8, 4) is 27.5 Å². The molecule has 0 spiro atoms. The van der Waals surface area contributed by atoms with Gasteiger partial charge in [-0.3, -0.25) is 14.2 Å². The van der Waals surface area contributed by atoms with Gasteiger partial charge in [-0.1, -0.05) is 63.6 Å². The molecule has 43 heavy (non-hydrogen) atoms. The van der Waals surface area contributed by atoms with Crippen molar-refractivity contribution in [3.63, 3.8) is 0 Å². The van der Waals surface area contributed by atoms with Crippen molar-refractivity contribution in [2.24, 2.45) is 5.92 Å². The number of para-hydroxylation sites is 1. The summed E-state index contributed by atoms with van der Waals surface area (Å²) in [6, 6.07) is 14.0. The van der Waals surface area contributed by atoms with Crippen molar-refractivity contribution in [3.05, 3.63) is 90.7 Å². The summed E-state index contributed by atoms with van der Waals surface area (Å²) in [7, 11) is 0. The number of aromatic nitrogens is 2. The number of hydrogen-bond acceptors (Lipinski definition) is 4. The SMILES string of the molecule is CCc1cccc(CC)c1-n1c(CC(C)C)c(C(=O)N2CCCCC2)cc(-c2nc(-c3ccc(Cl)c(C)c3)c(C)s2)c1=O. The molecular weight excluding hydrogens is 574 g/mol. The highest BCUT2D eigenvalue weighted by Crippen LogP contribution is 2.35. The van der Waals surface area contributed by atoms with Gasteiger partial charge in [0.2, 0.25) is 0 Å². The number of halogens is 1. The first-order chi connectivity index (χ1) is 20.6. The van der Waals surface area contributed by atoms with Gasteiger partial charge >= 0.3 is 0 Å². The molecule has 0 aliphatic carbocycles. The lowest BCUT2D eigenvalue weighted by Crippen LogP contribution is -2.38. The monoisotopic (exact) mass is 615 g/mol. The Bertz CT molecular complexity index is 1690. The fraction of sp³-hybridized carbons (Fsp3) is 0.417. The number of rotatable bonds is 8. The van der Waals surface area contributed by atoms with Crippen LogP contribution in [-0.4, -0.2) is 33.4 Å². The number of aryl methyl sites for hydroxylation is 4. The lowest BCUT2D eigenvalue weighted by molar-refractivity contribution is 0.0722. The third kappa shape index (κ3) is 6.23. The Morgan fingerprint density at radius 2 is 1.67 bits per heavy atom. The minimum absolute atomic E-state index is 0.0132. The van der Waals surface area contributed by atoms with Gasteiger partial charge in [-0.05, 0) is 93.2 Å². The van der Waals surface area contributed by atoms with E-state index in [1.807, 2.05) is 47.6 Å². The van der Waals surface area contributed by atoms with Crippen LogP contribution in [0.5, 0.6) is 0 Å². The summed E-state index contributed by atoms with van der Waals surface area (Å²) in [5.41, 5.74) is 7.69. The Balaban J connectivity index is 1.83. The molecule has 0 N–H and O–H groups in total. The second-order valence-corrected chi connectivity index (χ2v) is 13.6. The number of carbonyl (C=O) groups excluding carboxylic acids is 1. The summed E-state index contributed by atoms with van der Waals surface area (Å²) in [6.07, 6.45) is 5.35. The number of amides is 1. The third-order valence-corrected chi connectivity index (χ3v) is 9.85. The Morgan fingerprint density at radius 1 is 1.00 bits per heavy atom. The Morgan fingerprint density at radius 3 is 2.28 bits per heavy atom. The number of hydrogen-bond donors (Lipinski definition) is 0. The second-order valence-electron chi connectivity index (χ2n) is 12.0. The van der Waals surface area contributed by atoms with Gasteiger partial charge in [0, 0.05) is 34.2 Å². The van der Waals surface area contributed by atoms with Gasteiger partial charge in [0.15, 0.2) is 0 Å². The number of piperidine rings is 1. The highest BCUT2D eigenvalue weighted by molar-refractivity contribution is 7.15. The van der Waals surface area contributed by atoms with Crippen molar-refractivity contribution in [2.75, 3.05) is 13.1 Å². The van der Waals surface area contributed by atoms with Crippen LogP contribution in [0.25, 0.3) is 27.5 Å². The molecule has 4 aromatic rings. The maximum Gasteiger partial charge on any atom is 0.265 e. The van der Waals surface area contributed by atoms with Crippen LogP contribution in [0.4, 0.5) is 0 Å². The van der Waals surface area contributed by atoms with Crippen LogP contribution in [-0.2, 0) is 19.3 Å².